The summed E-state index contributed by atoms with van der Waals surface area (Å²) >= 11 is 0. The lowest BCUT2D eigenvalue weighted by Gasteiger charge is -2.36. The average Bonchev–Trinajstić information content (AvgIpc) is 2.57. The van der Waals surface area contributed by atoms with Crippen LogP contribution in [0, 0.1) is 11.3 Å². The lowest BCUT2D eigenvalue weighted by atomic mass is 9.80. The molecule has 0 radical (unpaired) electrons. The van der Waals surface area contributed by atoms with E-state index in [-0.39, 0.29) is 17.6 Å². The van der Waals surface area contributed by atoms with E-state index in [2.05, 4.69) is 51.8 Å². The van der Waals surface area contributed by atoms with Gasteiger partial charge in [-0.2, -0.15) is 0 Å². The first-order valence-corrected chi connectivity index (χ1v) is 7.40. The van der Waals surface area contributed by atoms with Crippen molar-refractivity contribution in [3.8, 4) is 0 Å². The first-order chi connectivity index (χ1) is 8.33. The third kappa shape index (κ3) is 3.25. The Balaban J connectivity index is 2.76. The van der Waals surface area contributed by atoms with Gasteiger partial charge in [0.2, 0.25) is 5.91 Å². The van der Waals surface area contributed by atoms with Gasteiger partial charge in [-0.25, -0.2) is 0 Å². The van der Waals surface area contributed by atoms with Crippen LogP contribution in [-0.2, 0) is 4.79 Å². The van der Waals surface area contributed by atoms with E-state index in [1.807, 2.05) is 0 Å². The largest absolute Gasteiger partial charge is 0.325 e. The van der Waals surface area contributed by atoms with Crippen LogP contribution in [0.1, 0.15) is 60.8 Å². The van der Waals surface area contributed by atoms with Crippen LogP contribution in [0.4, 0.5) is 0 Å². The minimum atomic E-state index is 0.0444. The third-order valence-corrected chi connectivity index (χ3v) is 4.46. The molecule has 1 aliphatic rings. The molecule has 3 heteroatoms. The van der Waals surface area contributed by atoms with Crippen molar-refractivity contribution in [2.75, 3.05) is 6.54 Å². The van der Waals surface area contributed by atoms with Gasteiger partial charge in [0, 0.05) is 6.54 Å². The van der Waals surface area contributed by atoms with Crippen LogP contribution in [0.25, 0.3) is 0 Å². The van der Waals surface area contributed by atoms with Crippen molar-refractivity contribution in [2.45, 2.75) is 73.0 Å². The number of carbonyl (C=O) groups excluding carboxylic acids is 1. The molecule has 2 unspecified atom stereocenters. The van der Waals surface area contributed by atoms with Gasteiger partial charge in [0.1, 0.15) is 0 Å². The zero-order valence-corrected chi connectivity index (χ0v) is 12.9. The van der Waals surface area contributed by atoms with Crippen LogP contribution < -0.4 is 5.32 Å². The second kappa shape index (κ2) is 6.05. The first-order valence-electron chi connectivity index (χ1n) is 7.40. The Labute approximate surface area is 112 Å². The summed E-state index contributed by atoms with van der Waals surface area (Å²) in [5.74, 6) is 0.880. The Morgan fingerprint density at radius 1 is 1.33 bits per heavy atom. The van der Waals surface area contributed by atoms with Crippen LogP contribution >= 0.6 is 0 Å². The fourth-order valence-corrected chi connectivity index (χ4v) is 2.39. The summed E-state index contributed by atoms with van der Waals surface area (Å²) in [5.41, 5.74) is 0.172. The highest BCUT2D eigenvalue weighted by Crippen LogP contribution is 2.30. The highest BCUT2D eigenvalue weighted by Gasteiger charge is 2.40. The third-order valence-electron chi connectivity index (χ3n) is 4.46. The summed E-state index contributed by atoms with van der Waals surface area (Å²) < 4.78 is 0. The first kappa shape index (κ1) is 15.5. The van der Waals surface area contributed by atoms with Crippen LogP contribution in [-0.4, -0.2) is 29.6 Å². The summed E-state index contributed by atoms with van der Waals surface area (Å²) in [6.45, 7) is 14.1. The maximum absolute atomic E-state index is 12.4. The molecule has 0 spiro atoms. The van der Waals surface area contributed by atoms with Crippen molar-refractivity contribution in [1.82, 2.24) is 10.2 Å². The normalized spacial score (nSPS) is 25.3. The van der Waals surface area contributed by atoms with Crippen molar-refractivity contribution in [3.63, 3.8) is 0 Å². The van der Waals surface area contributed by atoms with E-state index in [1.54, 1.807) is 0 Å². The molecule has 1 aliphatic heterocycles. The van der Waals surface area contributed by atoms with Crippen LogP contribution in [0.3, 0.4) is 0 Å². The number of amides is 1. The molecule has 0 aliphatic carbocycles. The van der Waals surface area contributed by atoms with E-state index in [1.165, 1.54) is 0 Å². The van der Waals surface area contributed by atoms with Gasteiger partial charge in [-0.1, -0.05) is 48.0 Å². The number of hydrogen-bond acceptors (Lipinski definition) is 2. The monoisotopic (exact) mass is 254 g/mol. The highest BCUT2D eigenvalue weighted by atomic mass is 16.2. The van der Waals surface area contributed by atoms with E-state index in [9.17, 15) is 4.79 Å². The molecule has 2 atom stereocenters. The Kier molecular flexibility index (Phi) is 5.20. The van der Waals surface area contributed by atoms with E-state index in [0.29, 0.717) is 11.8 Å². The van der Waals surface area contributed by atoms with E-state index in [0.717, 1.165) is 25.8 Å². The second-order valence-corrected chi connectivity index (χ2v) is 6.54. The molecule has 0 aromatic carbocycles. The summed E-state index contributed by atoms with van der Waals surface area (Å²) in [6.07, 6.45) is 3.22. The minimum absolute atomic E-state index is 0.0444. The molecule has 1 rings (SSSR count). The highest BCUT2D eigenvalue weighted by molar-refractivity contribution is 5.84. The Bertz CT molecular complexity index is 286. The van der Waals surface area contributed by atoms with E-state index in [4.69, 9.17) is 0 Å². The van der Waals surface area contributed by atoms with Gasteiger partial charge in [-0.15, -0.1) is 0 Å². The Morgan fingerprint density at radius 3 is 2.39 bits per heavy atom. The quantitative estimate of drug-likeness (QED) is 0.790. The molecule has 106 valence electrons. The van der Waals surface area contributed by atoms with Crippen molar-refractivity contribution in [2.24, 2.45) is 11.3 Å². The van der Waals surface area contributed by atoms with Crippen molar-refractivity contribution in [3.05, 3.63) is 0 Å². The molecular formula is C15H30N2O. The smallest absolute Gasteiger partial charge is 0.241 e. The average molecular weight is 254 g/mol. The van der Waals surface area contributed by atoms with Crippen LogP contribution in [0.15, 0.2) is 0 Å². The molecule has 0 aromatic heterocycles. The molecule has 1 fully saturated rings. The summed E-state index contributed by atoms with van der Waals surface area (Å²) in [5, 5.41) is 3.48. The maximum Gasteiger partial charge on any atom is 0.241 e. The zero-order valence-electron chi connectivity index (χ0n) is 12.9. The van der Waals surface area contributed by atoms with Crippen molar-refractivity contribution >= 4 is 5.91 Å². The van der Waals surface area contributed by atoms with Gasteiger partial charge in [0.25, 0.3) is 0 Å². The minimum Gasteiger partial charge on any atom is -0.325 e. The summed E-state index contributed by atoms with van der Waals surface area (Å²) in [7, 11) is 0. The van der Waals surface area contributed by atoms with E-state index < -0.39 is 0 Å². The number of hydrogen-bond donors (Lipinski definition) is 1. The van der Waals surface area contributed by atoms with Crippen molar-refractivity contribution in [1.29, 1.82) is 0 Å². The number of nitrogens with one attached hydrogen (secondary N) is 1. The molecule has 0 aromatic rings. The van der Waals surface area contributed by atoms with Gasteiger partial charge >= 0.3 is 0 Å². The van der Waals surface area contributed by atoms with Crippen molar-refractivity contribution < 1.29 is 4.79 Å². The molecule has 0 saturated carbocycles. The van der Waals surface area contributed by atoms with E-state index >= 15 is 0 Å². The number of carbonyl (C=O) groups is 1. The van der Waals surface area contributed by atoms with Gasteiger partial charge < -0.3 is 4.90 Å². The molecular weight excluding hydrogens is 224 g/mol. The second-order valence-electron chi connectivity index (χ2n) is 6.54. The molecule has 18 heavy (non-hydrogen) atoms. The molecule has 3 nitrogen and oxygen atoms in total. The molecule has 1 amide bonds. The van der Waals surface area contributed by atoms with Gasteiger partial charge in [-0.3, -0.25) is 10.1 Å². The predicted octanol–water partition coefficient (Wildman–Crippen LogP) is 3.01. The standard InChI is InChI=1S/C15H30N2O/c1-7-9-12-14(18)17(13(8-2)16-12)10-15(5,6)11(3)4/h11-13,16H,7-10H2,1-6H3. The van der Waals surface area contributed by atoms with Gasteiger partial charge in [0.05, 0.1) is 12.2 Å². The lowest BCUT2D eigenvalue weighted by Crippen LogP contribution is -2.44. The van der Waals surface area contributed by atoms with Crippen LogP contribution in [0.5, 0.6) is 0 Å². The molecule has 1 heterocycles. The predicted molar refractivity (Wildman–Crippen MR) is 76.2 cm³/mol. The topological polar surface area (TPSA) is 32.3 Å². The SMILES string of the molecule is CCCC1NC(CC)N(CC(C)(C)C(C)C)C1=O. The maximum atomic E-state index is 12.4. The lowest BCUT2D eigenvalue weighted by molar-refractivity contribution is -0.131. The molecule has 1 N–H and O–H groups in total. The summed E-state index contributed by atoms with van der Waals surface area (Å²) in [4.78, 5) is 14.5. The fraction of sp³-hybridized carbons (Fsp3) is 0.933. The molecule has 1 saturated heterocycles. The summed E-state index contributed by atoms with van der Waals surface area (Å²) in [6, 6.07) is 0.0444. The van der Waals surface area contributed by atoms with Gasteiger partial charge in [-0.05, 0) is 24.2 Å². The number of nitrogens with zero attached hydrogens (tertiary/aromatic N) is 1. The molecule has 0 bridgehead atoms. The van der Waals surface area contributed by atoms with Gasteiger partial charge in [0.15, 0.2) is 0 Å². The number of rotatable bonds is 6. The Hall–Kier alpha value is -0.570. The Morgan fingerprint density at radius 2 is 1.94 bits per heavy atom. The van der Waals surface area contributed by atoms with Crippen LogP contribution in [0.2, 0.25) is 0 Å². The zero-order chi connectivity index (χ0) is 13.9. The fourth-order valence-electron chi connectivity index (χ4n) is 2.39.